The van der Waals surface area contributed by atoms with Crippen LogP contribution in [0.4, 0.5) is 0 Å². The fraction of sp³-hybridized carbons (Fsp3) is 0.400. The smallest absolute Gasteiger partial charge is 0.289 e. The van der Waals surface area contributed by atoms with Crippen molar-refractivity contribution in [1.82, 2.24) is 5.32 Å². The van der Waals surface area contributed by atoms with Gasteiger partial charge in [-0.05, 0) is 6.92 Å². The second-order valence-corrected chi connectivity index (χ2v) is 2.69. The lowest BCUT2D eigenvalue weighted by molar-refractivity contribution is -0.420. The Morgan fingerprint density at radius 1 is 1.53 bits per heavy atom. The minimum absolute atomic E-state index is 0.0626. The van der Waals surface area contributed by atoms with Gasteiger partial charge in [0.1, 0.15) is 0 Å². The molecule has 0 aromatic heterocycles. The van der Waals surface area contributed by atoms with Crippen LogP contribution in [0.1, 0.15) is 20.8 Å². The Kier molecular flexibility index (Phi) is 9.98. The van der Waals surface area contributed by atoms with Gasteiger partial charge in [0, 0.05) is 18.2 Å². The molecule has 0 bridgehead atoms. The van der Waals surface area contributed by atoms with E-state index in [-0.39, 0.29) is 10.7 Å². The summed E-state index contributed by atoms with van der Waals surface area (Å²) in [5, 5.41) is 13.4. The molecule has 0 rings (SSSR count). The van der Waals surface area contributed by atoms with Crippen LogP contribution in [0.3, 0.4) is 0 Å². The van der Waals surface area contributed by atoms with Crippen molar-refractivity contribution in [3.05, 3.63) is 45.3 Å². The van der Waals surface area contributed by atoms with Crippen molar-refractivity contribution in [1.29, 1.82) is 0 Å². The van der Waals surface area contributed by atoms with E-state index in [4.69, 9.17) is 11.6 Å². The minimum Gasteiger partial charge on any atom is -0.386 e. The Labute approximate surface area is 95.5 Å². The molecular weight excluding hydrogens is 216 g/mol. The topological polar surface area (TPSA) is 55.2 Å². The maximum atomic E-state index is 10.5. The van der Waals surface area contributed by atoms with Crippen LogP contribution in [-0.2, 0) is 0 Å². The zero-order valence-corrected chi connectivity index (χ0v) is 10.3. The molecule has 0 saturated heterocycles. The molecule has 1 N–H and O–H groups in total. The first-order valence-electron chi connectivity index (χ1n) is 4.55. The van der Waals surface area contributed by atoms with E-state index in [0.29, 0.717) is 5.70 Å². The fourth-order valence-corrected chi connectivity index (χ4v) is 0.719. The number of allylic oxidation sites excluding steroid dienone is 4. The molecule has 0 saturated carbocycles. The highest BCUT2D eigenvalue weighted by molar-refractivity contribution is 6.31. The highest BCUT2D eigenvalue weighted by atomic mass is 35.5. The zero-order valence-electron chi connectivity index (χ0n) is 9.50. The van der Waals surface area contributed by atoms with E-state index in [2.05, 4.69) is 11.9 Å². The molecule has 0 spiro atoms. The second kappa shape index (κ2) is 9.27. The molecule has 15 heavy (non-hydrogen) atoms. The monoisotopic (exact) mass is 232 g/mol. The van der Waals surface area contributed by atoms with Crippen LogP contribution in [0.15, 0.2) is 35.2 Å². The van der Waals surface area contributed by atoms with Gasteiger partial charge in [0.15, 0.2) is 0 Å². The standard InChI is InChI=1S/C8H11ClN2O2.C2H6/c1-4-7(9)5-8(11(12)13)6(2)10-3;1-2/h4-5,10H,1H2,2-3H3;1-2H3/b7-5+,8-6-;. The van der Waals surface area contributed by atoms with E-state index in [1.807, 2.05) is 13.8 Å². The van der Waals surface area contributed by atoms with Gasteiger partial charge in [-0.15, -0.1) is 0 Å². The fourth-order valence-electron chi connectivity index (χ4n) is 0.615. The molecule has 86 valence electrons. The molecule has 0 amide bonds. The number of nitrogens with one attached hydrogen (secondary N) is 1. The van der Waals surface area contributed by atoms with E-state index in [1.54, 1.807) is 14.0 Å². The summed E-state index contributed by atoms with van der Waals surface area (Å²) in [5.41, 5.74) is 0.386. The quantitative estimate of drug-likeness (QED) is 0.461. The van der Waals surface area contributed by atoms with Crippen molar-refractivity contribution in [2.45, 2.75) is 20.8 Å². The van der Waals surface area contributed by atoms with Gasteiger partial charge in [0.05, 0.1) is 10.6 Å². The van der Waals surface area contributed by atoms with Crippen molar-refractivity contribution in [3.8, 4) is 0 Å². The predicted molar refractivity (Wildman–Crippen MR) is 64.2 cm³/mol. The van der Waals surface area contributed by atoms with Crippen LogP contribution in [0.25, 0.3) is 0 Å². The number of nitro groups is 1. The number of nitrogens with zero attached hydrogens (tertiary/aromatic N) is 1. The second-order valence-electron chi connectivity index (χ2n) is 2.25. The molecule has 0 aromatic rings. The number of hydrogen-bond acceptors (Lipinski definition) is 3. The summed E-state index contributed by atoms with van der Waals surface area (Å²) in [6.07, 6.45) is 2.59. The number of rotatable bonds is 4. The van der Waals surface area contributed by atoms with Crippen molar-refractivity contribution >= 4 is 11.6 Å². The Morgan fingerprint density at radius 3 is 2.27 bits per heavy atom. The largest absolute Gasteiger partial charge is 0.386 e. The first kappa shape index (κ1) is 16.2. The van der Waals surface area contributed by atoms with Crippen molar-refractivity contribution < 1.29 is 4.92 Å². The van der Waals surface area contributed by atoms with E-state index in [0.717, 1.165) is 0 Å². The highest BCUT2D eigenvalue weighted by Gasteiger charge is 2.11. The van der Waals surface area contributed by atoms with Gasteiger partial charge in [0.25, 0.3) is 5.70 Å². The summed E-state index contributed by atoms with van der Waals surface area (Å²) in [6.45, 7) is 8.99. The van der Waals surface area contributed by atoms with E-state index < -0.39 is 4.92 Å². The third kappa shape index (κ3) is 6.74. The Balaban J connectivity index is 0. The maximum Gasteiger partial charge on any atom is 0.289 e. The van der Waals surface area contributed by atoms with E-state index in [9.17, 15) is 10.1 Å². The third-order valence-corrected chi connectivity index (χ3v) is 1.69. The predicted octanol–water partition coefficient (Wildman–Crippen LogP) is 3.05. The molecule has 5 heteroatoms. The number of hydrogen-bond donors (Lipinski definition) is 1. The average molecular weight is 233 g/mol. The van der Waals surface area contributed by atoms with E-state index in [1.165, 1.54) is 12.2 Å². The van der Waals surface area contributed by atoms with Crippen LogP contribution in [-0.4, -0.2) is 12.0 Å². The molecule has 0 aliphatic heterocycles. The summed E-state index contributed by atoms with van der Waals surface area (Å²) in [5.74, 6) is 0. The Morgan fingerprint density at radius 2 is 2.00 bits per heavy atom. The SMILES string of the molecule is C=C/C(Cl)=C\C(=C(/C)NC)[N+](=O)[O-].CC. The molecule has 0 atom stereocenters. The highest BCUT2D eigenvalue weighted by Crippen LogP contribution is 2.10. The summed E-state index contributed by atoms with van der Waals surface area (Å²) in [6, 6.07) is 0. The van der Waals surface area contributed by atoms with Crippen LogP contribution < -0.4 is 5.32 Å². The Hall–Kier alpha value is -1.29. The third-order valence-electron chi connectivity index (χ3n) is 1.43. The summed E-state index contributed by atoms with van der Waals surface area (Å²) in [7, 11) is 1.61. The lowest BCUT2D eigenvalue weighted by Crippen LogP contribution is -2.10. The molecule has 0 aliphatic carbocycles. The first-order chi connectivity index (χ1) is 7.02. The van der Waals surface area contributed by atoms with Crippen LogP contribution >= 0.6 is 11.6 Å². The summed E-state index contributed by atoms with van der Waals surface area (Å²) in [4.78, 5) is 10.0. The van der Waals surface area contributed by atoms with Gasteiger partial charge < -0.3 is 5.32 Å². The van der Waals surface area contributed by atoms with Gasteiger partial charge in [-0.3, -0.25) is 10.1 Å². The van der Waals surface area contributed by atoms with Gasteiger partial charge >= 0.3 is 0 Å². The first-order valence-corrected chi connectivity index (χ1v) is 4.93. The van der Waals surface area contributed by atoms with Gasteiger partial charge in [-0.25, -0.2) is 0 Å². The number of halogens is 1. The molecule has 0 aromatic carbocycles. The molecule has 0 aliphatic rings. The van der Waals surface area contributed by atoms with Gasteiger partial charge in [-0.2, -0.15) is 0 Å². The zero-order chi connectivity index (χ0) is 12.4. The molecule has 0 radical (unpaired) electrons. The molecule has 0 unspecified atom stereocenters. The molecule has 4 nitrogen and oxygen atoms in total. The van der Waals surface area contributed by atoms with Crippen molar-refractivity contribution in [3.63, 3.8) is 0 Å². The normalized spacial score (nSPS) is 11.9. The van der Waals surface area contributed by atoms with Crippen molar-refractivity contribution in [2.75, 3.05) is 7.05 Å². The van der Waals surface area contributed by atoms with E-state index >= 15 is 0 Å². The molecule has 0 heterocycles. The summed E-state index contributed by atoms with van der Waals surface area (Å²) < 4.78 is 0. The minimum atomic E-state index is -0.502. The maximum absolute atomic E-state index is 10.5. The molecular formula is C10H17ClN2O2. The lowest BCUT2D eigenvalue weighted by Gasteiger charge is -1.99. The summed E-state index contributed by atoms with van der Waals surface area (Å²) >= 11 is 5.58. The Bertz CT molecular complexity index is 283. The lowest BCUT2D eigenvalue weighted by atomic mass is 10.3. The van der Waals surface area contributed by atoms with Crippen LogP contribution in [0.2, 0.25) is 0 Å². The average Bonchev–Trinajstić information content (AvgIpc) is 2.26. The van der Waals surface area contributed by atoms with Crippen LogP contribution in [0, 0.1) is 10.1 Å². The van der Waals surface area contributed by atoms with Gasteiger partial charge in [0.2, 0.25) is 0 Å². The van der Waals surface area contributed by atoms with Gasteiger partial charge in [-0.1, -0.05) is 38.1 Å². The molecule has 0 fully saturated rings. The van der Waals surface area contributed by atoms with Crippen LogP contribution in [0.5, 0.6) is 0 Å². The van der Waals surface area contributed by atoms with Crippen molar-refractivity contribution in [2.24, 2.45) is 0 Å².